The highest BCUT2D eigenvalue weighted by atomic mass is 16.5. The van der Waals surface area contributed by atoms with Gasteiger partial charge in [-0.25, -0.2) is 4.79 Å². The maximum Gasteiger partial charge on any atom is 0.322 e. The first-order valence-corrected chi connectivity index (χ1v) is 11.4. The van der Waals surface area contributed by atoms with Crippen molar-refractivity contribution in [2.45, 2.75) is 12.1 Å². The van der Waals surface area contributed by atoms with Crippen molar-refractivity contribution in [2.24, 2.45) is 0 Å². The third kappa shape index (κ3) is 3.56. The summed E-state index contributed by atoms with van der Waals surface area (Å²) in [5.74, 6) is -0.166. The van der Waals surface area contributed by atoms with Gasteiger partial charge in [0.2, 0.25) is 0 Å². The number of hydrogen-bond acceptors (Lipinski definition) is 7. The maximum atomic E-state index is 13.2. The number of imide groups is 1. The number of urea groups is 1. The first-order chi connectivity index (χ1) is 17.9. The smallest absolute Gasteiger partial charge is 0.322 e. The second-order valence-electron chi connectivity index (χ2n) is 8.91. The average molecular weight is 493 g/mol. The summed E-state index contributed by atoms with van der Waals surface area (Å²) in [6, 6.07) is 17.0. The third-order valence-electron chi connectivity index (χ3n) is 6.68. The highest BCUT2D eigenvalue weighted by molar-refractivity contribution is 6.08. The van der Waals surface area contributed by atoms with Gasteiger partial charge < -0.3 is 19.4 Å². The van der Waals surface area contributed by atoms with Gasteiger partial charge in [0.25, 0.3) is 11.8 Å². The second kappa shape index (κ2) is 8.20. The molecule has 4 heterocycles. The van der Waals surface area contributed by atoms with Crippen LogP contribution in [-0.2, 0) is 16.9 Å². The molecule has 0 spiro atoms. The summed E-state index contributed by atoms with van der Waals surface area (Å²) in [7, 11) is 1.52. The Hall–Kier alpha value is -5.17. The van der Waals surface area contributed by atoms with Gasteiger partial charge in [-0.3, -0.25) is 19.9 Å². The molecule has 2 aliphatic heterocycles. The fraction of sp³-hybridized carbons (Fsp3) is 0.148. The largest absolute Gasteiger partial charge is 0.497 e. The van der Waals surface area contributed by atoms with E-state index in [1.165, 1.54) is 12.0 Å². The molecule has 0 saturated carbocycles. The van der Waals surface area contributed by atoms with Crippen molar-refractivity contribution in [2.75, 3.05) is 13.7 Å². The molecule has 0 radical (unpaired) electrons. The van der Waals surface area contributed by atoms with Crippen molar-refractivity contribution < 1.29 is 23.5 Å². The van der Waals surface area contributed by atoms with Gasteiger partial charge in [0.1, 0.15) is 17.1 Å². The Kier molecular flexibility index (Phi) is 4.94. The number of nitrogens with one attached hydrogen (secondary N) is 2. The van der Waals surface area contributed by atoms with Crippen molar-refractivity contribution in [3.63, 3.8) is 0 Å². The zero-order valence-corrected chi connectivity index (χ0v) is 19.6. The number of ether oxygens (including phenoxy) is 1. The first-order valence-electron chi connectivity index (χ1n) is 11.4. The first kappa shape index (κ1) is 22.3. The molecule has 37 heavy (non-hydrogen) atoms. The number of furan rings is 1. The van der Waals surface area contributed by atoms with E-state index in [2.05, 4.69) is 21.7 Å². The molecular weight excluding hydrogens is 474 g/mol. The summed E-state index contributed by atoms with van der Waals surface area (Å²) in [6.45, 7) is 0.134. The average Bonchev–Trinajstić information content (AvgIpc) is 3.57. The normalized spacial score (nSPS) is 18.5. The Morgan fingerprint density at radius 3 is 2.78 bits per heavy atom. The summed E-state index contributed by atoms with van der Waals surface area (Å²) in [4.78, 5) is 44.6. The van der Waals surface area contributed by atoms with Crippen LogP contribution in [0.1, 0.15) is 27.2 Å². The van der Waals surface area contributed by atoms with Gasteiger partial charge in [0, 0.05) is 35.3 Å². The van der Waals surface area contributed by atoms with Crippen LogP contribution in [0.4, 0.5) is 4.79 Å². The quantitative estimate of drug-likeness (QED) is 0.408. The van der Waals surface area contributed by atoms with Crippen LogP contribution in [0.3, 0.4) is 0 Å². The van der Waals surface area contributed by atoms with Crippen LogP contribution in [0.15, 0.2) is 65.2 Å². The predicted molar refractivity (Wildman–Crippen MR) is 130 cm³/mol. The lowest BCUT2D eigenvalue weighted by molar-refractivity contribution is -0.125. The Morgan fingerprint density at radius 2 is 2.03 bits per heavy atom. The molecule has 6 rings (SSSR count). The van der Waals surface area contributed by atoms with Crippen molar-refractivity contribution in [3.05, 3.63) is 83.2 Å². The number of nitriles is 1. The van der Waals surface area contributed by atoms with Crippen molar-refractivity contribution >= 4 is 28.8 Å². The maximum absolute atomic E-state index is 13.2. The molecule has 4 amide bonds. The minimum Gasteiger partial charge on any atom is -0.497 e. The topological polar surface area (TPSA) is 138 Å². The van der Waals surface area contributed by atoms with Crippen LogP contribution in [0.25, 0.3) is 22.2 Å². The van der Waals surface area contributed by atoms with Crippen molar-refractivity contribution in [1.29, 1.82) is 5.26 Å². The molecule has 1 atom stereocenters. The number of carbonyl (C=O) groups is 3. The molecule has 2 aliphatic rings. The van der Waals surface area contributed by atoms with Gasteiger partial charge in [0.05, 0.1) is 31.0 Å². The fourth-order valence-corrected chi connectivity index (χ4v) is 4.79. The Morgan fingerprint density at radius 1 is 1.16 bits per heavy atom. The predicted octanol–water partition coefficient (Wildman–Crippen LogP) is 3.07. The van der Waals surface area contributed by atoms with E-state index in [1.54, 1.807) is 48.7 Å². The van der Waals surface area contributed by atoms with Crippen molar-refractivity contribution in [1.82, 2.24) is 20.5 Å². The Bertz CT molecular complexity index is 1670. The molecular formula is C27H19N5O5. The van der Waals surface area contributed by atoms with E-state index >= 15 is 0 Å². The lowest BCUT2D eigenvalue weighted by Gasteiger charge is -2.29. The van der Waals surface area contributed by atoms with Crippen LogP contribution in [0, 0.1) is 11.3 Å². The number of aromatic nitrogens is 1. The number of benzene rings is 2. The number of pyridine rings is 1. The minimum absolute atomic E-state index is 0.134. The van der Waals surface area contributed by atoms with Crippen LogP contribution in [0.2, 0.25) is 0 Å². The second-order valence-corrected chi connectivity index (χ2v) is 8.91. The number of methoxy groups -OCH3 is 1. The van der Waals surface area contributed by atoms with Crippen LogP contribution in [0.5, 0.6) is 5.75 Å². The molecule has 1 fully saturated rings. The summed E-state index contributed by atoms with van der Waals surface area (Å²) >= 11 is 0. The van der Waals surface area contributed by atoms with Gasteiger partial charge >= 0.3 is 6.03 Å². The van der Waals surface area contributed by atoms with E-state index in [0.717, 1.165) is 11.1 Å². The van der Waals surface area contributed by atoms with Crippen LogP contribution < -0.4 is 15.4 Å². The highest BCUT2D eigenvalue weighted by Gasteiger charge is 2.53. The Labute approximate surface area is 210 Å². The Balaban J connectivity index is 1.38. The number of fused-ring (bicyclic) bond motifs is 2. The molecule has 1 unspecified atom stereocenters. The van der Waals surface area contributed by atoms with E-state index in [1.807, 2.05) is 12.1 Å². The molecule has 2 aromatic heterocycles. The molecule has 10 nitrogen and oxygen atoms in total. The number of carbonyl (C=O) groups excluding carboxylic acids is 3. The van der Waals surface area contributed by atoms with E-state index < -0.39 is 17.5 Å². The molecule has 10 heteroatoms. The zero-order valence-electron chi connectivity index (χ0n) is 19.6. The molecule has 182 valence electrons. The molecule has 0 aliphatic carbocycles. The lowest BCUT2D eigenvalue weighted by Crippen LogP contribution is -2.52. The standard InChI is InChI=1S/C27H19N5O5/c1-36-19-6-5-17-13-32(24(33)20(17)9-19)14-27(25(34)30-26(35)31-27)23-8-18-12-29-21(10-22(18)37-23)16-4-2-3-15(7-16)11-28/h2-10,12H,13-14H2,1H3,(H2,30,31,34,35). The minimum atomic E-state index is -1.63. The zero-order chi connectivity index (χ0) is 25.7. The third-order valence-corrected chi connectivity index (χ3v) is 6.68. The number of hydrogen-bond donors (Lipinski definition) is 2. The highest BCUT2D eigenvalue weighted by Crippen LogP contribution is 2.35. The summed E-state index contributed by atoms with van der Waals surface area (Å²) in [6.07, 6.45) is 1.60. The number of amides is 4. The monoisotopic (exact) mass is 493 g/mol. The summed E-state index contributed by atoms with van der Waals surface area (Å²) in [5, 5.41) is 14.8. The molecule has 2 N–H and O–H groups in total. The summed E-state index contributed by atoms with van der Waals surface area (Å²) in [5.41, 5.74) is 1.91. The van der Waals surface area contributed by atoms with Crippen molar-refractivity contribution in [3.8, 4) is 23.1 Å². The molecule has 0 bridgehead atoms. The van der Waals surface area contributed by atoms with E-state index in [9.17, 15) is 19.6 Å². The van der Waals surface area contributed by atoms with Gasteiger partial charge in [-0.15, -0.1) is 0 Å². The van der Waals surface area contributed by atoms with Crippen LogP contribution >= 0.6 is 0 Å². The van der Waals surface area contributed by atoms with E-state index in [0.29, 0.717) is 33.5 Å². The van der Waals surface area contributed by atoms with E-state index in [4.69, 9.17) is 9.15 Å². The van der Waals surface area contributed by atoms with Gasteiger partial charge in [-0.05, 0) is 35.9 Å². The lowest BCUT2D eigenvalue weighted by atomic mass is 9.95. The molecule has 1 saturated heterocycles. The van der Waals surface area contributed by atoms with Gasteiger partial charge in [-0.2, -0.15) is 5.26 Å². The number of rotatable bonds is 5. The summed E-state index contributed by atoms with van der Waals surface area (Å²) < 4.78 is 11.3. The van der Waals surface area contributed by atoms with Gasteiger partial charge in [0.15, 0.2) is 5.54 Å². The van der Waals surface area contributed by atoms with Gasteiger partial charge in [-0.1, -0.05) is 18.2 Å². The number of nitrogens with zero attached hydrogens (tertiary/aromatic N) is 3. The van der Waals surface area contributed by atoms with Crippen LogP contribution in [-0.4, -0.2) is 41.4 Å². The SMILES string of the molecule is COc1ccc2c(c1)C(=O)N(CC1(c3cc4cnc(-c5cccc(C#N)c5)cc4o3)NC(=O)NC1=O)C2. The fourth-order valence-electron chi connectivity index (χ4n) is 4.79. The molecule has 2 aromatic carbocycles. The molecule has 4 aromatic rings. The van der Waals surface area contributed by atoms with E-state index in [-0.39, 0.29) is 24.8 Å².